The summed E-state index contributed by atoms with van der Waals surface area (Å²) in [4.78, 5) is 22.2. The van der Waals surface area contributed by atoms with E-state index in [4.69, 9.17) is 0 Å². The van der Waals surface area contributed by atoms with E-state index in [1.807, 2.05) is 6.20 Å². The van der Waals surface area contributed by atoms with Gasteiger partial charge in [0.1, 0.15) is 5.82 Å². The lowest BCUT2D eigenvalue weighted by Crippen LogP contribution is -2.46. The van der Waals surface area contributed by atoms with Crippen LogP contribution >= 0.6 is 0 Å². The fourth-order valence-corrected chi connectivity index (χ4v) is 6.22. The minimum absolute atomic E-state index is 0.298. The maximum Gasteiger partial charge on any atom is 0.227 e. The third kappa shape index (κ3) is 3.15. The second-order valence-electron chi connectivity index (χ2n) is 9.57. The molecule has 1 amide bonds. The summed E-state index contributed by atoms with van der Waals surface area (Å²) in [6.45, 7) is 2.32. The summed E-state index contributed by atoms with van der Waals surface area (Å²) in [5.41, 5.74) is 4.64. The number of pyridine rings is 1. The molecule has 2 aromatic rings. The third-order valence-electron chi connectivity index (χ3n) is 7.74. The molecule has 2 aliphatic carbocycles. The molecule has 1 aromatic carbocycles. The van der Waals surface area contributed by atoms with Crippen molar-refractivity contribution in [1.82, 2.24) is 4.98 Å². The highest BCUT2D eigenvalue weighted by Crippen LogP contribution is 2.49. The van der Waals surface area contributed by atoms with Crippen molar-refractivity contribution in [2.24, 2.45) is 11.8 Å². The van der Waals surface area contributed by atoms with Gasteiger partial charge in [0, 0.05) is 49.2 Å². The van der Waals surface area contributed by atoms with Crippen molar-refractivity contribution in [1.29, 1.82) is 0 Å². The van der Waals surface area contributed by atoms with Gasteiger partial charge in [-0.15, -0.1) is 0 Å². The molecular formula is C25H30N4O. The van der Waals surface area contributed by atoms with E-state index >= 15 is 0 Å². The number of carbonyl (C=O) groups excluding carboxylic acids is 1. The van der Waals surface area contributed by atoms with Crippen LogP contribution in [0, 0.1) is 11.8 Å². The van der Waals surface area contributed by atoms with Crippen LogP contribution in [-0.4, -0.2) is 30.0 Å². The first kappa shape index (κ1) is 18.2. The molecule has 1 N–H and O–H groups in total. The Morgan fingerprint density at radius 2 is 1.83 bits per heavy atom. The molecule has 0 radical (unpaired) electrons. The van der Waals surface area contributed by atoms with E-state index < -0.39 is 0 Å². The van der Waals surface area contributed by atoms with E-state index in [-0.39, 0.29) is 0 Å². The van der Waals surface area contributed by atoms with E-state index in [2.05, 4.69) is 50.4 Å². The van der Waals surface area contributed by atoms with Crippen LogP contribution in [0.4, 0.5) is 22.9 Å². The number of hydrogen-bond acceptors (Lipinski definition) is 4. The molecule has 1 saturated heterocycles. The highest BCUT2D eigenvalue weighted by molar-refractivity contribution is 5.97. The van der Waals surface area contributed by atoms with E-state index in [0.29, 0.717) is 24.3 Å². The minimum atomic E-state index is 0.298. The normalized spacial score (nSPS) is 27.6. The molecule has 5 nitrogen and oxygen atoms in total. The maximum absolute atomic E-state index is 12.9. The zero-order valence-electron chi connectivity index (χ0n) is 17.5. The molecule has 3 atom stereocenters. The van der Waals surface area contributed by atoms with E-state index in [1.54, 1.807) is 0 Å². The number of rotatable bonds is 4. The lowest BCUT2D eigenvalue weighted by molar-refractivity contribution is -0.119. The number of carbonyl (C=O) groups is 1. The van der Waals surface area contributed by atoms with Gasteiger partial charge in [-0.3, -0.25) is 4.79 Å². The SMILES string of the molecule is O=C1CCc2cnc(Nc3ccc(N4CCCC4)cc3)cc2N1C1CC2CCC1C2. The molecule has 2 aliphatic heterocycles. The van der Waals surface area contributed by atoms with Crippen LogP contribution < -0.4 is 15.1 Å². The van der Waals surface area contributed by atoms with Crippen molar-refractivity contribution < 1.29 is 4.79 Å². The van der Waals surface area contributed by atoms with Gasteiger partial charge in [0.05, 0.1) is 5.69 Å². The molecule has 1 aromatic heterocycles. The Bertz CT molecular complexity index is 950. The van der Waals surface area contributed by atoms with Gasteiger partial charge in [0.15, 0.2) is 0 Å². The predicted molar refractivity (Wildman–Crippen MR) is 120 cm³/mol. The smallest absolute Gasteiger partial charge is 0.227 e. The summed E-state index contributed by atoms with van der Waals surface area (Å²) in [5, 5.41) is 3.46. The highest BCUT2D eigenvalue weighted by Gasteiger charge is 2.45. The monoisotopic (exact) mass is 402 g/mol. The van der Waals surface area contributed by atoms with Crippen LogP contribution in [-0.2, 0) is 11.2 Å². The molecular weight excluding hydrogens is 372 g/mol. The fraction of sp³-hybridized carbons (Fsp3) is 0.520. The van der Waals surface area contributed by atoms with Crippen LogP contribution in [0.5, 0.6) is 0 Å². The van der Waals surface area contributed by atoms with E-state index in [0.717, 1.165) is 42.6 Å². The fourth-order valence-electron chi connectivity index (χ4n) is 6.22. The van der Waals surface area contributed by atoms with Crippen molar-refractivity contribution in [3.63, 3.8) is 0 Å². The maximum atomic E-state index is 12.9. The zero-order valence-corrected chi connectivity index (χ0v) is 17.5. The Kier molecular flexibility index (Phi) is 4.43. The second-order valence-corrected chi connectivity index (χ2v) is 9.57. The van der Waals surface area contributed by atoms with Crippen LogP contribution in [0.2, 0.25) is 0 Å². The molecule has 2 saturated carbocycles. The van der Waals surface area contributed by atoms with Crippen LogP contribution in [0.1, 0.15) is 50.5 Å². The summed E-state index contributed by atoms with van der Waals surface area (Å²) < 4.78 is 0. The highest BCUT2D eigenvalue weighted by atomic mass is 16.2. The average molecular weight is 403 g/mol. The van der Waals surface area contributed by atoms with E-state index in [9.17, 15) is 4.79 Å². The van der Waals surface area contributed by atoms with Gasteiger partial charge >= 0.3 is 0 Å². The molecule has 3 unspecified atom stereocenters. The number of nitrogens with one attached hydrogen (secondary N) is 1. The Morgan fingerprint density at radius 3 is 2.57 bits per heavy atom. The Balaban J connectivity index is 1.25. The molecule has 5 heteroatoms. The number of hydrogen-bond donors (Lipinski definition) is 1. The average Bonchev–Trinajstić information content (AvgIpc) is 3.53. The van der Waals surface area contributed by atoms with Crippen molar-refractivity contribution in [3.05, 3.63) is 42.1 Å². The second kappa shape index (κ2) is 7.29. The Labute approximate surface area is 178 Å². The summed E-state index contributed by atoms with van der Waals surface area (Å²) in [7, 11) is 0. The quantitative estimate of drug-likeness (QED) is 0.791. The summed E-state index contributed by atoms with van der Waals surface area (Å²) in [6, 6.07) is 11.1. The minimum Gasteiger partial charge on any atom is -0.372 e. The first-order valence-corrected chi connectivity index (χ1v) is 11.7. The van der Waals surface area contributed by atoms with Crippen molar-refractivity contribution in [2.75, 3.05) is 28.2 Å². The molecule has 30 heavy (non-hydrogen) atoms. The molecule has 3 heterocycles. The van der Waals surface area contributed by atoms with Crippen molar-refractivity contribution in [3.8, 4) is 0 Å². The van der Waals surface area contributed by atoms with E-state index in [1.165, 1.54) is 49.8 Å². The third-order valence-corrected chi connectivity index (χ3v) is 7.74. The predicted octanol–water partition coefficient (Wildman–Crippen LogP) is 4.89. The zero-order chi connectivity index (χ0) is 20.1. The molecule has 3 fully saturated rings. The summed E-state index contributed by atoms with van der Waals surface area (Å²) in [5.74, 6) is 2.64. The molecule has 0 spiro atoms. The van der Waals surface area contributed by atoms with Gasteiger partial charge in [-0.1, -0.05) is 6.42 Å². The number of anilines is 4. The number of aryl methyl sites for hydroxylation is 1. The summed E-state index contributed by atoms with van der Waals surface area (Å²) >= 11 is 0. The lowest BCUT2D eigenvalue weighted by Gasteiger charge is -2.38. The van der Waals surface area contributed by atoms with Gasteiger partial charge in [-0.25, -0.2) is 4.98 Å². The van der Waals surface area contributed by atoms with Crippen molar-refractivity contribution in [2.45, 2.75) is 57.4 Å². The van der Waals surface area contributed by atoms with Crippen LogP contribution in [0.15, 0.2) is 36.5 Å². The molecule has 2 bridgehead atoms. The first-order valence-electron chi connectivity index (χ1n) is 11.7. The Hall–Kier alpha value is -2.56. The van der Waals surface area contributed by atoms with Gasteiger partial charge < -0.3 is 15.1 Å². The van der Waals surface area contributed by atoms with Crippen LogP contribution in [0.25, 0.3) is 0 Å². The Morgan fingerprint density at radius 1 is 1.00 bits per heavy atom. The van der Waals surface area contributed by atoms with Gasteiger partial charge in [-0.2, -0.15) is 0 Å². The van der Waals surface area contributed by atoms with Crippen LogP contribution in [0.3, 0.4) is 0 Å². The standard InChI is InChI=1S/C25H30N4O/c30-25-10-5-19-16-26-24(15-23(19)29(25)22-14-17-3-4-18(22)13-17)27-20-6-8-21(9-7-20)28-11-1-2-12-28/h6-9,15-18,22H,1-5,10-14H2,(H,26,27). The number of fused-ring (bicyclic) bond motifs is 3. The largest absolute Gasteiger partial charge is 0.372 e. The number of nitrogens with zero attached hydrogens (tertiary/aromatic N) is 3. The van der Waals surface area contributed by atoms with Gasteiger partial charge in [0.2, 0.25) is 5.91 Å². The lowest BCUT2D eigenvalue weighted by atomic mass is 9.91. The first-order chi connectivity index (χ1) is 14.7. The van der Waals surface area contributed by atoms with Crippen molar-refractivity contribution >= 4 is 28.8 Å². The molecule has 156 valence electrons. The topological polar surface area (TPSA) is 48.5 Å². The number of benzene rings is 1. The summed E-state index contributed by atoms with van der Waals surface area (Å²) in [6.07, 6.45) is 11.1. The molecule has 6 rings (SSSR count). The van der Waals surface area contributed by atoms with Gasteiger partial charge in [0.25, 0.3) is 0 Å². The number of aromatic nitrogens is 1. The molecule has 4 aliphatic rings. The number of amides is 1. The van der Waals surface area contributed by atoms with Gasteiger partial charge in [-0.05, 0) is 80.2 Å².